The zero-order chi connectivity index (χ0) is 31.8. The number of carbonyl (C=O) groups is 2. The molecule has 0 saturated carbocycles. The topological polar surface area (TPSA) is 71.1 Å². The number of hydrogen-bond donors (Lipinski definition) is 0. The molecule has 2 aromatic carbocycles. The van der Waals surface area contributed by atoms with Crippen LogP contribution in [-0.4, -0.2) is 25.2 Å². The Balaban J connectivity index is 1.63. The first kappa shape index (κ1) is 37.2. The third-order valence-electron chi connectivity index (χ3n) is 7.80. The van der Waals surface area contributed by atoms with Gasteiger partial charge in [-0.2, -0.15) is 0 Å². The Hall–Kier alpha value is -3.02. The van der Waals surface area contributed by atoms with Gasteiger partial charge in [0.15, 0.2) is 23.0 Å². The van der Waals surface area contributed by atoms with Crippen LogP contribution in [0.25, 0.3) is 0 Å². The Labute approximate surface area is 267 Å². The zero-order valence-electron chi connectivity index (χ0n) is 28.1. The van der Waals surface area contributed by atoms with Crippen LogP contribution in [0, 0.1) is 0 Å². The highest BCUT2D eigenvalue weighted by Crippen LogP contribution is 2.31. The van der Waals surface area contributed by atoms with Gasteiger partial charge in [0.1, 0.15) is 0 Å². The number of unbranched alkanes of at least 4 members (excludes halogenated alkanes) is 11. The highest BCUT2D eigenvalue weighted by molar-refractivity contribution is 5.73. The van der Waals surface area contributed by atoms with Crippen molar-refractivity contribution in [1.82, 2.24) is 0 Å². The minimum absolute atomic E-state index is 0.218. The van der Waals surface area contributed by atoms with Gasteiger partial charge in [-0.1, -0.05) is 104 Å². The van der Waals surface area contributed by atoms with Crippen LogP contribution in [0.1, 0.15) is 142 Å². The molecule has 0 aliphatic carbocycles. The van der Waals surface area contributed by atoms with Crippen molar-refractivity contribution in [2.24, 2.45) is 0 Å². The van der Waals surface area contributed by atoms with E-state index in [1.54, 1.807) is 0 Å². The molecule has 6 heteroatoms. The first-order valence-corrected chi connectivity index (χ1v) is 17.4. The average Bonchev–Trinajstić information content (AvgIpc) is 3.03. The Morgan fingerprint density at radius 3 is 1.25 bits per heavy atom. The number of aryl methyl sites for hydroxylation is 2. The monoisotopic (exact) mass is 610 g/mol. The fourth-order valence-electron chi connectivity index (χ4n) is 4.95. The second kappa shape index (κ2) is 23.4. The lowest BCUT2D eigenvalue weighted by molar-refractivity contribution is -0.135. The maximum absolute atomic E-state index is 12.5. The number of benzene rings is 2. The summed E-state index contributed by atoms with van der Waals surface area (Å²) >= 11 is 0. The van der Waals surface area contributed by atoms with E-state index in [2.05, 4.69) is 27.7 Å². The number of ether oxygens (including phenoxy) is 4. The molecule has 246 valence electrons. The van der Waals surface area contributed by atoms with E-state index in [0.29, 0.717) is 49.1 Å². The normalized spacial score (nSPS) is 10.9. The average molecular weight is 611 g/mol. The summed E-state index contributed by atoms with van der Waals surface area (Å²) in [5, 5.41) is 0. The highest BCUT2D eigenvalue weighted by Gasteiger charge is 2.13. The summed E-state index contributed by atoms with van der Waals surface area (Å²) in [6, 6.07) is 11.7. The van der Waals surface area contributed by atoms with Crippen LogP contribution in [-0.2, 0) is 22.4 Å². The van der Waals surface area contributed by atoms with Crippen molar-refractivity contribution in [2.75, 3.05) is 13.2 Å². The van der Waals surface area contributed by atoms with Crippen molar-refractivity contribution in [3.05, 3.63) is 47.5 Å². The molecule has 0 heterocycles. The van der Waals surface area contributed by atoms with E-state index in [0.717, 1.165) is 77.0 Å². The molecule has 0 aromatic heterocycles. The smallest absolute Gasteiger partial charge is 0.311 e. The van der Waals surface area contributed by atoms with Crippen molar-refractivity contribution in [2.45, 2.75) is 143 Å². The Morgan fingerprint density at radius 1 is 0.477 bits per heavy atom. The number of carbonyl (C=O) groups excluding carboxylic acids is 2. The second-order valence-electron chi connectivity index (χ2n) is 11.7. The molecule has 0 aliphatic heterocycles. The largest absolute Gasteiger partial charge is 0.490 e. The van der Waals surface area contributed by atoms with Gasteiger partial charge in [-0.25, -0.2) is 0 Å². The standard InChI is InChI=1S/C38H58O6/c1-5-9-11-19-27-41-35-29-31(7-3)23-25-33(35)43-37(39)21-17-15-13-14-16-18-22-38(40)44-34-26-24-32(8-4)30-36(34)42-28-20-12-10-6-2/h23-26,29-30H,5-22,27-28H2,1-4H3. The third-order valence-corrected chi connectivity index (χ3v) is 7.80. The lowest BCUT2D eigenvalue weighted by atomic mass is 10.1. The molecule has 0 unspecified atom stereocenters. The van der Waals surface area contributed by atoms with Gasteiger partial charge in [0.25, 0.3) is 0 Å². The minimum atomic E-state index is -0.218. The van der Waals surface area contributed by atoms with E-state index >= 15 is 0 Å². The van der Waals surface area contributed by atoms with Crippen LogP contribution in [0.3, 0.4) is 0 Å². The lowest BCUT2D eigenvalue weighted by Crippen LogP contribution is -2.10. The summed E-state index contributed by atoms with van der Waals surface area (Å²) in [5.74, 6) is 1.92. The summed E-state index contributed by atoms with van der Waals surface area (Å²) in [5.41, 5.74) is 2.33. The van der Waals surface area contributed by atoms with Crippen LogP contribution >= 0.6 is 0 Å². The van der Waals surface area contributed by atoms with Gasteiger partial charge in [-0.05, 0) is 73.9 Å². The minimum Gasteiger partial charge on any atom is -0.490 e. The van der Waals surface area contributed by atoms with Crippen molar-refractivity contribution in [3.8, 4) is 23.0 Å². The molecule has 0 atom stereocenters. The molecule has 44 heavy (non-hydrogen) atoms. The van der Waals surface area contributed by atoms with Crippen LogP contribution in [0.4, 0.5) is 0 Å². The first-order valence-electron chi connectivity index (χ1n) is 17.4. The van der Waals surface area contributed by atoms with E-state index in [9.17, 15) is 9.59 Å². The molecule has 0 radical (unpaired) electrons. The maximum Gasteiger partial charge on any atom is 0.311 e. The van der Waals surface area contributed by atoms with Crippen LogP contribution in [0.15, 0.2) is 36.4 Å². The highest BCUT2D eigenvalue weighted by atomic mass is 16.6. The first-order chi connectivity index (χ1) is 21.5. The van der Waals surface area contributed by atoms with Gasteiger partial charge in [0.05, 0.1) is 13.2 Å². The quantitative estimate of drug-likeness (QED) is 0.0633. The number of rotatable bonds is 25. The van der Waals surface area contributed by atoms with Crippen LogP contribution < -0.4 is 18.9 Å². The molecule has 0 bridgehead atoms. The van der Waals surface area contributed by atoms with Gasteiger partial charge in [0, 0.05) is 12.8 Å². The van der Waals surface area contributed by atoms with Crippen molar-refractivity contribution >= 4 is 11.9 Å². The van der Waals surface area contributed by atoms with Gasteiger partial charge < -0.3 is 18.9 Å². The molecule has 0 aliphatic rings. The summed E-state index contributed by atoms with van der Waals surface area (Å²) in [6.45, 7) is 9.86. The Kier molecular flexibility index (Phi) is 19.7. The van der Waals surface area contributed by atoms with Crippen LogP contribution in [0.2, 0.25) is 0 Å². The van der Waals surface area contributed by atoms with Gasteiger partial charge in [0.2, 0.25) is 0 Å². The number of hydrogen-bond acceptors (Lipinski definition) is 6. The third kappa shape index (κ3) is 15.6. The van der Waals surface area contributed by atoms with Crippen molar-refractivity contribution in [1.29, 1.82) is 0 Å². The van der Waals surface area contributed by atoms with E-state index in [1.807, 2.05) is 36.4 Å². The summed E-state index contributed by atoms with van der Waals surface area (Å²) in [4.78, 5) is 25.0. The molecule has 0 N–H and O–H groups in total. The molecule has 2 aromatic rings. The molecular formula is C38H58O6. The summed E-state index contributed by atoms with van der Waals surface area (Å²) in [6.07, 6.45) is 17.2. The van der Waals surface area contributed by atoms with Gasteiger partial charge in [-0.15, -0.1) is 0 Å². The van der Waals surface area contributed by atoms with E-state index in [4.69, 9.17) is 18.9 Å². The van der Waals surface area contributed by atoms with Gasteiger partial charge in [-0.3, -0.25) is 9.59 Å². The van der Waals surface area contributed by atoms with E-state index in [1.165, 1.54) is 36.8 Å². The zero-order valence-corrected chi connectivity index (χ0v) is 28.1. The number of esters is 2. The Bertz CT molecular complexity index is 993. The molecular weight excluding hydrogens is 552 g/mol. The predicted octanol–water partition coefficient (Wildman–Crippen LogP) is 10.4. The van der Waals surface area contributed by atoms with Gasteiger partial charge >= 0.3 is 11.9 Å². The maximum atomic E-state index is 12.5. The molecule has 0 fully saturated rings. The summed E-state index contributed by atoms with van der Waals surface area (Å²) in [7, 11) is 0. The van der Waals surface area contributed by atoms with Crippen molar-refractivity contribution in [3.63, 3.8) is 0 Å². The fourth-order valence-corrected chi connectivity index (χ4v) is 4.95. The van der Waals surface area contributed by atoms with E-state index < -0.39 is 0 Å². The molecule has 0 spiro atoms. The molecule has 2 rings (SSSR count). The summed E-state index contributed by atoms with van der Waals surface area (Å²) < 4.78 is 23.3. The van der Waals surface area contributed by atoms with Crippen LogP contribution in [0.5, 0.6) is 23.0 Å². The lowest BCUT2D eigenvalue weighted by Gasteiger charge is -2.13. The SMILES string of the molecule is CCCCCCOc1cc(CC)ccc1OC(=O)CCCCCCCCC(=O)Oc1ccc(CC)cc1OCCCCCC. The second-order valence-corrected chi connectivity index (χ2v) is 11.7. The molecule has 0 saturated heterocycles. The van der Waals surface area contributed by atoms with Crippen molar-refractivity contribution < 1.29 is 28.5 Å². The Morgan fingerprint density at radius 2 is 0.864 bits per heavy atom. The molecule has 0 amide bonds. The van der Waals surface area contributed by atoms with E-state index in [-0.39, 0.29) is 11.9 Å². The predicted molar refractivity (Wildman–Crippen MR) is 179 cm³/mol. The molecule has 6 nitrogen and oxygen atoms in total. The fraction of sp³-hybridized carbons (Fsp3) is 0.632.